The lowest BCUT2D eigenvalue weighted by molar-refractivity contribution is -0.126. The van der Waals surface area contributed by atoms with Gasteiger partial charge in [0.1, 0.15) is 0 Å². The number of nitrogens with zero attached hydrogens (tertiary/aromatic N) is 1. The van der Waals surface area contributed by atoms with E-state index in [2.05, 4.69) is 15.5 Å². The minimum Gasteiger partial charge on any atom is -0.383 e. The Labute approximate surface area is 122 Å². The van der Waals surface area contributed by atoms with Crippen molar-refractivity contribution in [1.29, 1.82) is 0 Å². The Morgan fingerprint density at radius 3 is 2.85 bits per heavy atom. The van der Waals surface area contributed by atoms with E-state index in [0.29, 0.717) is 19.2 Å². The summed E-state index contributed by atoms with van der Waals surface area (Å²) in [4.78, 5) is 14.6. The number of nitrogens with one attached hydrogen (secondary N) is 2. The molecule has 2 heterocycles. The summed E-state index contributed by atoms with van der Waals surface area (Å²) < 4.78 is 4.98. The van der Waals surface area contributed by atoms with Gasteiger partial charge in [-0.25, -0.2) is 0 Å². The first-order valence-corrected chi connectivity index (χ1v) is 7.97. The maximum atomic E-state index is 12.2. The number of hydrogen-bond donors (Lipinski definition) is 2. The molecule has 2 atom stereocenters. The van der Waals surface area contributed by atoms with Gasteiger partial charge in [-0.1, -0.05) is 0 Å². The highest BCUT2D eigenvalue weighted by molar-refractivity contribution is 5.81. The van der Waals surface area contributed by atoms with Crippen molar-refractivity contribution in [2.24, 2.45) is 5.92 Å². The van der Waals surface area contributed by atoms with Crippen molar-refractivity contribution in [3.63, 3.8) is 0 Å². The minimum absolute atomic E-state index is 0.0192. The Balaban J connectivity index is 1.86. The van der Waals surface area contributed by atoms with E-state index in [4.69, 9.17) is 4.74 Å². The van der Waals surface area contributed by atoms with Gasteiger partial charge in [0.2, 0.25) is 5.91 Å². The molecule has 1 amide bonds. The van der Waals surface area contributed by atoms with Crippen LogP contribution in [0.25, 0.3) is 0 Å². The number of hydrogen-bond acceptors (Lipinski definition) is 4. The molecule has 0 aromatic carbocycles. The Kier molecular flexibility index (Phi) is 6.26. The third-order valence-electron chi connectivity index (χ3n) is 4.75. The van der Waals surface area contributed by atoms with Gasteiger partial charge in [-0.3, -0.25) is 9.69 Å². The lowest BCUT2D eigenvalue weighted by Gasteiger charge is -2.37. The van der Waals surface area contributed by atoms with Gasteiger partial charge in [0.15, 0.2) is 0 Å². The second-order valence-corrected chi connectivity index (χ2v) is 5.99. The molecule has 116 valence electrons. The number of rotatable bonds is 6. The molecule has 2 rings (SSSR count). The van der Waals surface area contributed by atoms with Crippen LogP contribution in [0.4, 0.5) is 0 Å². The summed E-state index contributed by atoms with van der Waals surface area (Å²) in [6.45, 7) is 6.55. The van der Waals surface area contributed by atoms with Crippen LogP contribution in [0.2, 0.25) is 0 Å². The normalized spacial score (nSPS) is 26.6. The summed E-state index contributed by atoms with van der Waals surface area (Å²) >= 11 is 0. The number of piperidine rings is 1. The summed E-state index contributed by atoms with van der Waals surface area (Å²) in [5.41, 5.74) is 0. The molecule has 0 aliphatic carbocycles. The number of carbonyl (C=O) groups is 1. The summed E-state index contributed by atoms with van der Waals surface area (Å²) in [7, 11) is 1.66. The van der Waals surface area contributed by atoms with Crippen LogP contribution in [0, 0.1) is 5.92 Å². The summed E-state index contributed by atoms with van der Waals surface area (Å²) in [6.07, 6.45) is 4.98. The molecule has 0 aromatic heterocycles. The number of carbonyl (C=O) groups excluding carboxylic acids is 1. The molecule has 2 aliphatic rings. The average Bonchev–Trinajstić information content (AvgIpc) is 2.97. The van der Waals surface area contributed by atoms with Gasteiger partial charge < -0.3 is 15.4 Å². The Hall–Kier alpha value is -0.650. The van der Waals surface area contributed by atoms with Crippen molar-refractivity contribution < 1.29 is 9.53 Å². The largest absolute Gasteiger partial charge is 0.383 e. The molecule has 0 spiro atoms. The van der Waals surface area contributed by atoms with E-state index in [0.717, 1.165) is 25.6 Å². The van der Waals surface area contributed by atoms with Gasteiger partial charge >= 0.3 is 0 Å². The van der Waals surface area contributed by atoms with Crippen LogP contribution >= 0.6 is 0 Å². The van der Waals surface area contributed by atoms with Crippen LogP contribution in [0.1, 0.15) is 32.6 Å². The van der Waals surface area contributed by atoms with Crippen molar-refractivity contribution in [2.75, 3.05) is 39.9 Å². The lowest BCUT2D eigenvalue weighted by Crippen LogP contribution is -2.50. The highest BCUT2D eigenvalue weighted by Crippen LogP contribution is 2.30. The van der Waals surface area contributed by atoms with E-state index in [1.807, 2.05) is 6.92 Å². The molecule has 2 N–H and O–H groups in total. The molecule has 20 heavy (non-hydrogen) atoms. The van der Waals surface area contributed by atoms with Crippen molar-refractivity contribution >= 4 is 5.91 Å². The van der Waals surface area contributed by atoms with Crippen LogP contribution < -0.4 is 10.6 Å². The first-order chi connectivity index (χ1) is 9.74. The standard InChI is InChI=1S/C15H29N3O2/c1-12(15(19)17-9-11-20-2)18-10-3-4-14(18)13-5-7-16-8-6-13/h12-14,16H,3-11H2,1-2H3,(H,17,19). The zero-order chi connectivity index (χ0) is 14.4. The van der Waals surface area contributed by atoms with E-state index < -0.39 is 0 Å². The van der Waals surface area contributed by atoms with Crippen molar-refractivity contribution in [3.8, 4) is 0 Å². The van der Waals surface area contributed by atoms with E-state index in [-0.39, 0.29) is 11.9 Å². The molecule has 0 bridgehead atoms. The molecule has 0 radical (unpaired) electrons. The second-order valence-electron chi connectivity index (χ2n) is 5.99. The smallest absolute Gasteiger partial charge is 0.237 e. The Morgan fingerprint density at radius 1 is 1.40 bits per heavy atom. The summed E-state index contributed by atoms with van der Waals surface area (Å²) in [5.74, 6) is 0.899. The highest BCUT2D eigenvalue weighted by Gasteiger charge is 2.36. The van der Waals surface area contributed by atoms with Crippen LogP contribution in [-0.2, 0) is 9.53 Å². The molecule has 2 unspecified atom stereocenters. The lowest BCUT2D eigenvalue weighted by atomic mass is 9.88. The fraction of sp³-hybridized carbons (Fsp3) is 0.933. The van der Waals surface area contributed by atoms with Gasteiger partial charge in [0, 0.05) is 19.7 Å². The van der Waals surface area contributed by atoms with Gasteiger partial charge in [-0.2, -0.15) is 0 Å². The fourth-order valence-electron chi connectivity index (χ4n) is 3.61. The van der Waals surface area contributed by atoms with E-state index in [9.17, 15) is 4.79 Å². The van der Waals surface area contributed by atoms with Crippen LogP contribution in [-0.4, -0.2) is 62.8 Å². The summed E-state index contributed by atoms with van der Waals surface area (Å²) in [5, 5.41) is 6.39. The molecule has 2 fully saturated rings. The van der Waals surface area contributed by atoms with Gasteiger partial charge in [-0.15, -0.1) is 0 Å². The van der Waals surface area contributed by atoms with Crippen LogP contribution in [0.5, 0.6) is 0 Å². The molecular formula is C15H29N3O2. The van der Waals surface area contributed by atoms with Crippen LogP contribution in [0.3, 0.4) is 0 Å². The van der Waals surface area contributed by atoms with Crippen LogP contribution in [0.15, 0.2) is 0 Å². The summed E-state index contributed by atoms with van der Waals surface area (Å²) in [6, 6.07) is 0.578. The maximum Gasteiger partial charge on any atom is 0.237 e. The van der Waals surface area contributed by atoms with Gasteiger partial charge in [0.05, 0.1) is 12.6 Å². The van der Waals surface area contributed by atoms with E-state index in [1.54, 1.807) is 7.11 Å². The van der Waals surface area contributed by atoms with E-state index >= 15 is 0 Å². The number of methoxy groups -OCH3 is 1. The van der Waals surface area contributed by atoms with Gasteiger partial charge in [0.25, 0.3) is 0 Å². The maximum absolute atomic E-state index is 12.2. The van der Waals surface area contributed by atoms with Crippen molar-refractivity contribution in [2.45, 2.75) is 44.7 Å². The number of ether oxygens (including phenoxy) is 1. The molecule has 2 aliphatic heterocycles. The predicted octanol–water partition coefficient (Wildman–Crippen LogP) is 0.602. The Bertz CT molecular complexity index is 305. The fourth-order valence-corrected chi connectivity index (χ4v) is 3.61. The first kappa shape index (κ1) is 15.7. The van der Waals surface area contributed by atoms with Crippen molar-refractivity contribution in [3.05, 3.63) is 0 Å². The average molecular weight is 283 g/mol. The number of likely N-dealkylation sites (tertiary alicyclic amines) is 1. The van der Waals surface area contributed by atoms with Gasteiger partial charge in [-0.05, 0) is 58.2 Å². The van der Waals surface area contributed by atoms with Crippen molar-refractivity contribution in [1.82, 2.24) is 15.5 Å². The van der Waals surface area contributed by atoms with E-state index in [1.165, 1.54) is 25.7 Å². The topological polar surface area (TPSA) is 53.6 Å². The Morgan fingerprint density at radius 2 is 2.15 bits per heavy atom. The minimum atomic E-state index is -0.0192. The predicted molar refractivity (Wildman–Crippen MR) is 79.7 cm³/mol. The molecule has 5 nitrogen and oxygen atoms in total. The first-order valence-electron chi connectivity index (χ1n) is 7.97. The number of amides is 1. The monoisotopic (exact) mass is 283 g/mol. The molecule has 0 aromatic rings. The third-order valence-corrected chi connectivity index (χ3v) is 4.75. The quantitative estimate of drug-likeness (QED) is 0.701. The SMILES string of the molecule is COCCNC(=O)C(C)N1CCCC1C1CCNCC1. The molecule has 2 saturated heterocycles. The molecule has 0 saturated carbocycles. The second kappa shape index (κ2) is 7.96. The zero-order valence-electron chi connectivity index (χ0n) is 12.9. The zero-order valence-corrected chi connectivity index (χ0v) is 12.9. The third kappa shape index (κ3) is 3.93. The molecular weight excluding hydrogens is 254 g/mol. The molecule has 5 heteroatoms. The highest BCUT2D eigenvalue weighted by atomic mass is 16.5.